The number of anilines is 1. The first-order chi connectivity index (χ1) is 12.1. The van der Waals surface area contributed by atoms with Crippen molar-refractivity contribution < 1.29 is 22.8 Å². The van der Waals surface area contributed by atoms with Crippen molar-refractivity contribution in [3.63, 3.8) is 0 Å². The summed E-state index contributed by atoms with van der Waals surface area (Å²) in [6.45, 7) is 1.03. The molecule has 0 radical (unpaired) electrons. The summed E-state index contributed by atoms with van der Waals surface area (Å²) in [7, 11) is 0. The molecule has 10 heteroatoms. The van der Waals surface area contributed by atoms with Crippen LogP contribution in [0.5, 0.6) is 0 Å². The van der Waals surface area contributed by atoms with E-state index < -0.39 is 22.9 Å². The van der Waals surface area contributed by atoms with E-state index in [4.69, 9.17) is 17.3 Å². The highest BCUT2D eigenvalue weighted by Crippen LogP contribution is 2.40. The number of thioether (sulfide) groups is 1. The van der Waals surface area contributed by atoms with Gasteiger partial charge in [0.1, 0.15) is 0 Å². The first kappa shape index (κ1) is 19.1. The number of nitrogens with two attached hydrogens (primary N) is 1. The zero-order chi connectivity index (χ0) is 19.1. The van der Waals surface area contributed by atoms with E-state index in [1.54, 1.807) is 0 Å². The minimum absolute atomic E-state index is 0.0212. The molecule has 5 nitrogen and oxygen atoms in total. The Kier molecular flexibility index (Phi) is 5.23. The van der Waals surface area contributed by atoms with E-state index in [-0.39, 0.29) is 21.5 Å². The van der Waals surface area contributed by atoms with Crippen LogP contribution in [0.15, 0.2) is 17.0 Å². The van der Waals surface area contributed by atoms with Crippen LogP contribution >= 0.6 is 23.4 Å². The molecule has 0 unspecified atom stereocenters. The largest absolute Gasteiger partial charge is 0.416 e. The van der Waals surface area contributed by atoms with Gasteiger partial charge in [0, 0.05) is 24.7 Å². The average molecular weight is 406 g/mol. The molecule has 3 rings (SSSR count). The van der Waals surface area contributed by atoms with Gasteiger partial charge in [-0.3, -0.25) is 14.9 Å². The maximum absolute atomic E-state index is 13.2. The van der Waals surface area contributed by atoms with E-state index in [0.717, 1.165) is 25.0 Å². The predicted molar refractivity (Wildman–Crippen MR) is 95.0 cm³/mol. The highest BCUT2D eigenvalue weighted by Gasteiger charge is 2.34. The van der Waals surface area contributed by atoms with Crippen molar-refractivity contribution in [2.45, 2.75) is 25.1 Å². The minimum atomic E-state index is -4.59. The van der Waals surface area contributed by atoms with Crippen LogP contribution in [0.25, 0.3) is 6.08 Å². The van der Waals surface area contributed by atoms with Gasteiger partial charge in [-0.1, -0.05) is 11.6 Å². The second-order valence-corrected chi connectivity index (χ2v) is 7.52. The smallest absolute Gasteiger partial charge is 0.368 e. The monoisotopic (exact) mass is 405 g/mol. The molecule has 0 aliphatic carbocycles. The molecule has 2 saturated heterocycles. The van der Waals surface area contributed by atoms with Gasteiger partial charge in [0.2, 0.25) is 0 Å². The molecule has 0 aromatic heterocycles. The minimum Gasteiger partial charge on any atom is -0.368 e. The lowest BCUT2D eigenvalue weighted by atomic mass is 10.0. The maximum Gasteiger partial charge on any atom is 0.416 e. The van der Waals surface area contributed by atoms with Crippen LogP contribution in [0.4, 0.5) is 23.7 Å². The average Bonchev–Trinajstić information content (AvgIpc) is 2.83. The van der Waals surface area contributed by atoms with Crippen molar-refractivity contribution in [2.75, 3.05) is 18.0 Å². The molecule has 0 spiro atoms. The number of piperidine rings is 1. The molecule has 2 aliphatic rings. The number of benzene rings is 1. The first-order valence-corrected chi connectivity index (χ1v) is 9.00. The standard InChI is InChI=1S/C16H15ClF3N3O2S/c17-11-6-9(16(18,19)20)4-8(5-12-14(24)22-15(25)26-12)13(11)23-3-1-2-10(21)7-23/h4-6,10H,1-3,7,21H2,(H,22,24,25)/t10-/m0/s1. The zero-order valence-corrected chi connectivity index (χ0v) is 15.0. The number of carbonyl (C=O) groups is 2. The Morgan fingerprint density at radius 2 is 2.08 bits per heavy atom. The lowest BCUT2D eigenvalue weighted by Crippen LogP contribution is -2.43. The Labute approximate surface area is 156 Å². The summed E-state index contributed by atoms with van der Waals surface area (Å²) in [6.07, 6.45) is -1.73. The van der Waals surface area contributed by atoms with Crippen LogP contribution in [0.2, 0.25) is 5.02 Å². The zero-order valence-electron chi connectivity index (χ0n) is 13.4. The summed E-state index contributed by atoms with van der Waals surface area (Å²) in [5, 5.41) is 1.44. The predicted octanol–water partition coefficient (Wildman–Crippen LogP) is 3.61. The molecule has 1 aromatic carbocycles. The number of amides is 2. The molecule has 140 valence electrons. The van der Waals surface area contributed by atoms with Crippen LogP contribution in [-0.4, -0.2) is 30.3 Å². The van der Waals surface area contributed by atoms with Crippen molar-refractivity contribution in [1.29, 1.82) is 0 Å². The molecule has 1 atom stereocenters. The van der Waals surface area contributed by atoms with Gasteiger partial charge in [0.15, 0.2) is 0 Å². The van der Waals surface area contributed by atoms with E-state index in [9.17, 15) is 22.8 Å². The maximum atomic E-state index is 13.2. The van der Waals surface area contributed by atoms with Crippen LogP contribution in [-0.2, 0) is 11.0 Å². The summed E-state index contributed by atoms with van der Waals surface area (Å²) in [5.74, 6) is -0.644. The summed E-state index contributed by atoms with van der Waals surface area (Å²) in [5.41, 5.74) is 5.57. The van der Waals surface area contributed by atoms with Gasteiger partial charge in [-0.2, -0.15) is 13.2 Å². The van der Waals surface area contributed by atoms with Gasteiger partial charge < -0.3 is 10.6 Å². The molecule has 26 heavy (non-hydrogen) atoms. The first-order valence-electron chi connectivity index (χ1n) is 7.81. The fraction of sp³-hybridized carbons (Fsp3) is 0.375. The van der Waals surface area contributed by atoms with Gasteiger partial charge in [-0.25, -0.2) is 0 Å². The van der Waals surface area contributed by atoms with E-state index >= 15 is 0 Å². The quantitative estimate of drug-likeness (QED) is 0.735. The number of nitrogens with one attached hydrogen (secondary N) is 1. The summed E-state index contributed by atoms with van der Waals surface area (Å²) in [4.78, 5) is 25.0. The lowest BCUT2D eigenvalue weighted by Gasteiger charge is -2.34. The molecule has 3 N–H and O–H groups in total. The number of rotatable bonds is 2. The van der Waals surface area contributed by atoms with Crippen LogP contribution < -0.4 is 16.0 Å². The number of imide groups is 1. The molecule has 0 bridgehead atoms. The third-order valence-electron chi connectivity index (χ3n) is 4.12. The Hall–Kier alpha value is -1.71. The third kappa shape index (κ3) is 3.99. The van der Waals surface area contributed by atoms with Crippen LogP contribution in [0.1, 0.15) is 24.0 Å². The Morgan fingerprint density at radius 3 is 2.65 bits per heavy atom. The second kappa shape index (κ2) is 7.13. The van der Waals surface area contributed by atoms with E-state index in [1.165, 1.54) is 6.08 Å². The third-order valence-corrected chi connectivity index (χ3v) is 5.22. The topological polar surface area (TPSA) is 75.4 Å². The molecule has 0 saturated carbocycles. The fourth-order valence-corrected chi connectivity index (χ4v) is 4.02. The summed E-state index contributed by atoms with van der Waals surface area (Å²) < 4.78 is 39.6. The number of nitrogens with zero attached hydrogens (tertiary/aromatic N) is 1. The van der Waals surface area contributed by atoms with Crippen molar-refractivity contribution in [1.82, 2.24) is 5.32 Å². The van der Waals surface area contributed by atoms with Crippen LogP contribution in [0.3, 0.4) is 0 Å². The van der Waals surface area contributed by atoms with Gasteiger partial charge in [-0.15, -0.1) is 0 Å². The molecule has 2 aliphatic heterocycles. The summed E-state index contributed by atoms with van der Waals surface area (Å²) in [6, 6.07) is 1.69. The highest BCUT2D eigenvalue weighted by atomic mass is 35.5. The molecule has 2 fully saturated rings. The SMILES string of the molecule is N[C@H]1CCCN(c2c(Cl)cc(C(F)(F)F)cc2C=C2SC(=O)NC2=O)C1. The Morgan fingerprint density at radius 1 is 1.35 bits per heavy atom. The van der Waals surface area contributed by atoms with Crippen molar-refractivity contribution in [2.24, 2.45) is 5.73 Å². The molecule has 2 amide bonds. The van der Waals surface area contributed by atoms with Crippen LogP contribution in [0, 0.1) is 0 Å². The Balaban J connectivity index is 2.12. The molecule has 1 aromatic rings. The number of carbonyl (C=O) groups excluding carboxylic acids is 2. The number of alkyl halides is 3. The van der Waals surface area contributed by atoms with Gasteiger partial charge in [-0.05, 0) is 42.8 Å². The van der Waals surface area contributed by atoms with Crippen molar-refractivity contribution in [3.05, 3.63) is 33.2 Å². The van der Waals surface area contributed by atoms with E-state index in [2.05, 4.69) is 5.32 Å². The molecular weight excluding hydrogens is 391 g/mol. The van der Waals surface area contributed by atoms with Gasteiger partial charge in [0.25, 0.3) is 11.1 Å². The fourth-order valence-electron chi connectivity index (χ4n) is 3.00. The molecular formula is C16H15ClF3N3O2S. The Bertz CT molecular complexity index is 798. The number of hydrogen-bond acceptors (Lipinski definition) is 5. The highest BCUT2D eigenvalue weighted by molar-refractivity contribution is 8.18. The molecule has 2 heterocycles. The van der Waals surface area contributed by atoms with Gasteiger partial charge in [0.05, 0.1) is 21.2 Å². The van der Waals surface area contributed by atoms with E-state index in [1.807, 2.05) is 4.90 Å². The van der Waals surface area contributed by atoms with Crippen molar-refractivity contribution in [3.8, 4) is 0 Å². The normalized spacial score (nSPS) is 22.9. The second-order valence-electron chi connectivity index (χ2n) is 6.09. The summed E-state index contributed by atoms with van der Waals surface area (Å²) >= 11 is 6.82. The number of hydrogen-bond donors (Lipinski definition) is 2. The lowest BCUT2D eigenvalue weighted by molar-refractivity contribution is -0.137. The number of halogens is 4. The van der Waals surface area contributed by atoms with Gasteiger partial charge >= 0.3 is 6.18 Å². The van der Waals surface area contributed by atoms with Crippen molar-refractivity contribution >= 4 is 46.3 Å². The van der Waals surface area contributed by atoms with E-state index in [0.29, 0.717) is 30.5 Å².